The lowest BCUT2D eigenvalue weighted by atomic mass is 9.97. The van der Waals surface area contributed by atoms with Gasteiger partial charge in [0.25, 0.3) is 0 Å². The smallest absolute Gasteiger partial charge is 0.235 e. The Kier molecular flexibility index (Phi) is 5.18. The molecule has 2 fully saturated rings. The number of halogens is 2. The standard InChI is InChI=1S/C19H22F2N2OSSi/c1-26(2,3)9-7-15-16(20)10-14(11-17(15)21)23-18(24)12-13-6-4-5-8-22(13)19(23)25/h10-11,13H,4-6,8,12H2,1-3H3. The van der Waals surface area contributed by atoms with Crippen LogP contribution in [0.1, 0.15) is 31.2 Å². The van der Waals surface area contributed by atoms with Crippen LogP contribution in [0.4, 0.5) is 14.5 Å². The van der Waals surface area contributed by atoms with Crippen LogP contribution in [-0.2, 0) is 4.79 Å². The van der Waals surface area contributed by atoms with Crippen molar-refractivity contribution in [2.45, 2.75) is 51.4 Å². The summed E-state index contributed by atoms with van der Waals surface area (Å²) in [5.41, 5.74) is 2.86. The second kappa shape index (κ2) is 7.09. The van der Waals surface area contributed by atoms with Gasteiger partial charge in [0.1, 0.15) is 19.7 Å². The highest BCUT2D eigenvalue weighted by Crippen LogP contribution is 2.31. The number of carbonyl (C=O) groups is 1. The lowest BCUT2D eigenvalue weighted by molar-refractivity contribution is -0.120. The van der Waals surface area contributed by atoms with Gasteiger partial charge >= 0.3 is 0 Å². The Hall–Kier alpha value is -1.78. The first kappa shape index (κ1) is 19.0. The van der Waals surface area contributed by atoms with Crippen molar-refractivity contribution in [1.82, 2.24) is 4.90 Å². The molecule has 2 saturated heterocycles. The molecular weight excluding hydrogens is 370 g/mol. The van der Waals surface area contributed by atoms with E-state index in [2.05, 4.69) is 11.5 Å². The van der Waals surface area contributed by atoms with Crippen molar-refractivity contribution < 1.29 is 13.6 Å². The van der Waals surface area contributed by atoms with E-state index in [9.17, 15) is 13.6 Å². The van der Waals surface area contributed by atoms with E-state index in [1.54, 1.807) is 0 Å². The van der Waals surface area contributed by atoms with Crippen molar-refractivity contribution in [1.29, 1.82) is 0 Å². The van der Waals surface area contributed by atoms with Crippen molar-refractivity contribution in [3.8, 4) is 11.5 Å². The summed E-state index contributed by atoms with van der Waals surface area (Å²) in [6.45, 7) is 6.79. The van der Waals surface area contributed by atoms with Gasteiger partial charge in [0.15, 0.2) is 5.11 Å². The van der Waals surface area contributed by atoms with Crippen LogP contribution < -0.4 is 4.90 Å². The summed E-state index contributed by atoms with van der Waals surface area (Å²) in [5, 5.41) is 0.339. The number of thiocarbonyl (C=S) groups is 1. The molecule has 2 aliphatic rings. The molecule has 0 saturated carbocycles. The Balaban J connectivity index is 1.95. The molecule has 1 amide bonds. The summed E-state index contributed by atoms with van der Waals surface area (Å²) in [6.07, 6.45) is 3.33. The number of anilines is 1. The molecule has 1 unspecified atom stereocenters. The largest absolute Gasteiger partial charge is 0.345 e. The monoisotopic (exact) mass is 392 g/mol. The minimum Gasteiger partial charge on any atom is -0.345 e. The van der Waals surface area contributed by atoms with Gasteiger partial charge in [-0.05, 0) is 43.6 Å². The maximum absolute atomic E-state index is 14.5. The van der Waals surface area contributed by atoms with E-state index in [0.717, 1.165) is 37.9 Å². The van der Waals surface area contributed by atoms with Crippen LogP contribution in [0.3, 0.4) is 0 Å². The Morgan fingerprint density at radius 1 is 1.19 bits per heavy atom. The average molecular weight is 393 g/mol. The predicted octanol–water partition coefficient (Wildman–Crippen LogP) is 4.07. The minimum atomic E-state index is -1.76. The lowest BCUT2D eigenvalue weighted by Crippen LogP contribution is -2.58. The highest BCUT2D eigenvalue weighted by atomic mass is 32.1. The van der Waals surface area contributed by atoms with E-state index in [1.165, 1.54) is 4.90 Å². The van der Waals surface area contributed by atoms with Crippen LogP contribution in [-0.4, -0.2) is 36.6 Å². The molecule has 2 aliphatic heterocycles. The van der Waals surface area contributed by atoms with Crippen LogP contribution in [0.5, 0.6) is 0 Å². The SMILES string of the molecule is C[Si](C)(C)C#Cc1c(F)cc(N2C(=O)CC3CCCCN3C2=S)cc1F. The van der Waals surface area contributed by atoms with Crippen molar-refractivity contribution in [2.75, 3.05) is 11.4 Å². The maximum atomic E-state index is 14.5. The molecule has 138 valence electrons. The molecule has 0 spiro atoms. The highest BCUT2D eigenvalue weighted by molar-refractivity contribution is 7.80. The molecule has 2 heterocycles. The number of benzene rings is 1. The fourth-order valence-electron chi connectivity index (χ4n) is 3.31. The zero-order valence-corrected chi connectivity index (χ0v) is 17.1. The van der Waals surface area contributed by atoms with Crippen molar-refractivity contribution >= 4 is 37.0 Å². The number of carbonyl (C=O) groups excluding carboxylic acids is 1. The molecule has 26 heavy (non-hydrogen) atoms. The minimum absolute atomic E-state index is 0.108. The Morgan fingerprint density at radius 2 is 1.85 bits per heavy atom. The van der Waals surface area contributed by atoms with Crippen LogP contribution >= 0.6 is 12.2 Å². The predicted molar refractivity (Wildman–Crippen MR) is 106 cm³/mol. The summed E-state index contributed by atoms with van der Waals surface area (Å²) in [5.74, 6) is 0.900. The van der Waals surface area contributed by atoms with Gasteiger partial charge in [-0.25, -0.2) is 8.78 Å². The van der Waals surface area contributed by atoms with Gasteiger partial charge in [-0.3, -0.25) is 9.69 Å². The lowest BCUT2D eigenvalue weighted by Gasteiger charge is -2.45. The quantitative estimate of drug-likeness (QED) is 0.409. The maximum Gasteiger partial charge on any atom is 0.235 e. The highest BCUT2D eigenvalue weighted by Gasteiger charge is 2.38. The Bertz CT molecular complexity index is 802. The summed E-state index contributed by atoms with van der Waals surface area (Å²) >= 11 is 5.47. The van der Waals surface area contributed by atoms with E-state index in [4.69, 9.17) is 12.2 Å². The first-order chi connectivity index (χ1) is 12.2. The van der Waals surface area contributed by atoms with Gasteiger partial charge in [-0.15, -0.1) is 5.54 Å². The third-order valence-electron chi connectivity index (χ3n) is 4.57. The van der Waals surface area contributed by atoms with Crippen molar-refractivity contribution in [2.24, 2.45) is 0 Å². The van der Waals surface area contributed by atoms with Gasteiger partial charge in [0, 0.05) is 19.0 Å². The molecule has 0 aliphatic carbocycles. The zero-order valence-electron chi connectivity index (χ0n) is 15.2. The van der Waals surface area contributed by atoms with E-state index in [0.29, 0.717) is 11.5 Å². The van der Waals surface area contributed by atoms with E-state index < -0.39 is 19.7 Å². The van der Waals surface area contributed by atoms with Gasteiger partial charge in [-0.1, -0.05) is 25.6 Å². The van der Waals surface area contributed by atoms with Gasteiger partial charge < -0.3 is 4.90 Å². The molecule has 7 heteroatoms. The zero-order chi connectivity index (χ0) is 19.1. The van der Waals surface area contributed by atoms with Crippen LogP contribution in [0.25, 0.3) is 0 Å². The van der Waals surface area contributed by atoms with Crippen LogP contribution in [0.2, 0.25) is 19.6 Å². The van der Waals surface area contributed by atoms with E-state index in [1.807, 2.05) is 24.5 Å². The molecule has 0 bridgehead atoms. The summed E-state index contributed by atoms with van der Waals surface area (Å²) in [6, 6.07) is 2.42. The van der Waals surface area contributed by atoms with Crippen LogP contribution in [0.15, 0.2) is 12.1 Å². The molecule has 0 aromatic heterocycles. The third-order valence-corrected chi connectivity index (χ3v) is 5.86. The summed E-state index contributed by atoms with van der Waals surface area (Å²) in [4.78, 5) is 15.8. The number of fused-ring (bicyclic) bond motifs is 1. The second-order valence-electron chi connectivity index (χ2n) is 7.84. The summed E-state index contributed by atoms with van der Waals surface area (Å²) in [7, 11) is -1.76. The molecule has 3 rings (SSSR count). The van der Waals surface area contributed by atoms with Gasteiger partial charge in [0.05, 0.1) is 11.3 Å². The fraction of sp³-hybridized carbons (Fsp3) is 0.474. The average Bonchev–Trinajstić information content (AvgIpc) is 2.53. The number of amides is 1. The first-order valence-corrected chi connectivity index (χ1v) is 12.7. The summed E-state index contributed by atoms with van der Waals surface area (Å²) < 4.78 is 29.0. The molecule has 0 N–H and O–H groups in total. The number of nitrogens with zero attached hydrogens (tertiary/aromatic N) is 2. The Labute approximate surface area is 159 Å². The molecule has 1 aromatic rings. The normalized spacial score (nSPS) is 20.6. The van der Waals surface area contributed by atoms with Crippen molar-refractivity contribution in [3.63, 3.8) is 0 Å². The molecule has 3 nitrogen and oxygen atoms in total. The second-order valence-corrected chi connectivity index (χ2v) is 13.0. The fourth-order valence-corrected chi connectivity index (χ4v) is 4.25. The Morgan fingerprint density at radius 3 is 2.46 bits per heavy atom. The first-order valence-electron chi connectivity index (χ1n) is 8.83. The molecule has 1 aromatic carbocycles. The third kappa shape index (κ3) is 3.81. The molecular formula is C19H22F2N2OSSi. The topological polar surface area (TPSA) is 23.6 Å². The van der Waals surface area contributed by atoms with E-state index in [-0.39, 0.29) is 23.2 Å². The molecule has 0 radical (unpaired) electrons. The van der Waals surface area contributed by atoms with Crippen LogP contribution in [0, 0.1) is 23.1 Å². The number of piperidine rings is 1. The number of rotatable bonds is 1. The van der Waals surface area contributed by atoms with Gasteiger partial charge in [-0.2, -0.15) is 0 Å². The van der Waals surface area contributed by atoms with E-state index >= 15 is 0 Å². The van der Waals surface area contributed by atoms with Gasteiger partial charge in [0.2, 0.25) is 5.91 Å². The number of hydrogen-bond acceptors (Lipinski definition) is 2. The molecule has 1 atom stereocenters. The number of hydrogen-bond donors (Lipinski definition) is 0. The van der Waals surface area contributed by atoms with Crippen molar-refractivity contribution in [3.05, 3.63) is 29.3 Å².